The Hall–Kier alpha value is -1.92. The molecule has 0 spiro atoms. The van der Waals surface area contributed by atoms with Crippen molar-refractivity contribution in [2.45, 2.75) is 13.0 Å². The van der Waals surface area contributed by atoms with Gasteiger partial charge in [0.05, 0.1) is 21.7 Å². The molecule has 2 unspecified atom stereocenters. The molecular formula is C25H29Cl3N4O. The van der Waals surface area contributed by atoms with Gasteiger partial charge in [-0.05, 0) is 42.8 Å². The van der Waals surface area contributed by atoms with Gasteiger partial charge in [0.1, 0.15) is 0 Å². The first-order chi connectivity index (χ1) is 15.8. The van der Waals surface area contributed by atoms with Crippen molar-refractivity contribution in [3.8, 4) is 0 Å². The van der Waals surface area contributed by atoms with E-state index in [-0.39, 0.29) is 17.9 Å². The molecule has 4 rings (SSSR count). The highest BCUT2D eigenvalue weighted by molar-refractivity contribution is 6.43. The molecule has 2 heterocycles. The molecule has 176 valence electrons. The summed E-state index contributed by atoms with van der Waals surface area (Å²) in [5, 5.41) is 5.04. The van der Waals surface area contributed by atoms with Gasteiger partial charge in [0.15, 0.2) is 0 Å². The van der Waals surface area contributed by atoms with Gasteiger partial charge >= 0.3 is 0 Å². The lowest BCUT2D eigenvalue weighted by Crippen LogP contribution is -2.49. The van der Waals surface area contributed by atoms with Crippen molar-refractivity contribution in [1.29, 1.82) is 0 Å². The fourth-order valence-corrected chi connectivity index (χ4v) is 5.05. The molecule has 33 heavy (non-hydrogen) atoms. The van der Waals surface area contributed by atoms with E-state index < -0.39 is 0 Å². The number of hydrogen-bond donors (Lipinski definition) is 1. The normalized spacial score (nSPS) is 21.3. The number of rotatable bonds is 6. The number of carbonyl (C=O) groups excluding carboxylic acids is 1. The first kappa shape index (κ1) is 24.2. The van der Waals surface area contributed by atoms with Crippen molar-refractivity contribution in [3.63, 3.8) is 0 Å². The van der Waals surface area contributed by atoms with E-state index in [1.54, 1.807) is 0 Å². The van der Waals surface area contributed by atoms with Gasteiger partial charge in [0.2, 0.25) is 5.91 Å². The lowest BCUT2D eigenvalue weighted by Gasteiger charge is -2.36. The third kappa shape index (κ3) is 5.43. The molecule has 0 aliphatic carbocycles. The van der Waals surface area contributed by atoms with Crippen LogP contribution in [-0.4, -0.2) is 68.1 Å². The number of piperazine rings is 1. The Morgan fingerprint density at radius 1 is 1.03 bits per heavy atom. The molecule has 2 aliphatic heterocycles. The van der Waals surface area contributed by atoms with Gasteiger partial charge in [-0.3, -0.25) is 9.69 Å². The van der Waals surface area contributed by atoms with Crippen LogP contribution < -0.4 is 10.2 Å². The second kappa shape index (κ2) is 10.6. The van der Waals surface area contributed by atoms with Crippen LogP contribution in [0.2, 0.25) is 15.1 Å². The summed E-state index contributed by atoms with van der Waals surface area (Å²) in [4.78, 5) is 19.7. The molecule has 2 aromatic carbocycles. The standard InChI is InChI=1S/C25H29Cl3N4O/c1-17-20(16-23(30(17)2)18-6-8-19(26)9-7-18)25(33)29-10-11-31-12-14-32(15-13-31)22-5-3-4-21(27)24(22)28/h3-9,16-17,20H,10-15H2,1-2H3,(H,29,33). The highest BCUT2D eigenvalue weighted by Gasteiger charge is 2.34. The van der Waals surface area contributed by atoms with Gasteiger partial charge in [-0.25, -0.2) is 0 Å². The summed E-state index contributed by atoms with van der Waals surface area (Å²) in [7, 11) is 2.03. The van der Waals surface area contributed by atoms with Crippen LogP contribution in [0.3, 0.4) is 0 Å². The number of nitrogens with one attached hydrogen (secondary N) is 1. The Morgan fingerprint density at radius 2 is 1.73 bits per heavy atom. The third-order valence-electron chi connectivity index (χ3n) is 6.66. The molecular weight excluding hydrogens is 479 g/mol. The van der Waals surface area contributed by atoms with Crippen LogP contribution >= 0.6 is 34.8 Å². The first-order valence-corrected chi connectivity index (χ1v) is 12.4. The first-order valence-electron chi connectivity index (χ1n) is 11.2. The minimum Gasteiger partial charge on any atom is -0.371 e. The molecule has 2 aliphatic rings. The molecule has 1 N–H and O–H groups in total. The summed E-state index contributed by atoms with van der Waals surface area (Å²) in [5.74, 6) is -0.106. The number of amides is 1. The van der Waals surface area contributed by atoms with E-state index in [1.807, 2.05) is 49.5 Å². The van der Waals surface area contributed by atoms with E-state index in [2.05, 4.69) is 33.0 Å². The number of nitrogens with zero attached hydrogens (tertiary/aromatic N) is 3. The molecule has 1 fully saturated rings. The Morgan fingerprint density at radius 3 is 2.42 bits per heavy atom. The van der Waals surface area contributed by atoms with Crippen molar-refractivity contribution >= 4 is 52.1 Å². The fourth-order valence-electron chi connectivity index (χ4n) is 4.51. The highest BCUT2D eigenvalue weighted by atomic mass is 35.5. The number of anilines is 1. The van der Waals surface area contributed by atoms with Crippen LogP contribution in [0.25, 0.3) is 5.70 Å². The van der Waals surface area contributed by atoms with Crippen LogP contribution in [0.15, 0.2) is 48.5 Å². The second-order valence-corrected chi connectivity index (χ2v) is 9.85. The maximum Gasteiger partial charge on any atom is 0.229 e. The number of benzene rings is 2. The smallest absolute Gasteiger partial charge is 0.229 e. The molecule has 2 atom stereocenters. The zero-order valence-corrected chi connectivity index (χ0v) is 21.2. The van der Waals surface area contributed by atoms with E-state index >= 15 is 0 Å². The molecule has 0 radical (unpaired) electrons. The summed E-state index contributed by atoms with van der Waals surface area (Å²) in [6, 6.07) is 13.6. The van der Waals surface area contributed by atoms with Crippen LogP contribution in [0.4, 0.5) is 5.69 Å². The maximum absolute atomic E-state index is 12.9. The predicted molar refractivity (Wildman–Crippen MR) is 138 cm³/mol. The van der Waals surface area contributed by atoms with E-state index in [0.29, 0.717) is 21.6 Å². The van der Waals surface area contributed by atoms with Crippen molar-refractivity contribution in [1.82, 2.24) is 15.1 Å². The van der Waals surface area contributed by atoms with Gasteiger partial charge in [-0.2, -0.15) is 0 Å². The van der Waals surface area contributed by atoms with Crippen LogP contribution in [0.1, 0.15) is 12.5 Å². The molecule has 0 saturated carbocycles. The van der Waals surface area contributed by atoms with Crippen molar-refractivity contribution in [2.24, 2.45) is 5.92 Å². The molecule has 5 nitrogen and oxygen atoms in total. The molecule has 8 heteroatoms. The second-order valence-electron chi connectivity index (χ2n) is 8.63. The maximum atomic E-state index is 12.9. The summed E-state index contributed by atoms with van der Waals surface area (Å²) < 4.78 is 0. The average Bonchev–Trinajstić information content (AvgIpc) is 3.11. The lowest BCUT2D eigenvalue weighted by atomic mass is 10.0. The summed E-state index contributed by atoms with van der Waals surface area (Å²) in [6.07, 6.45) is 2.07. The Bertz CT molecular complexity index is 1020. The van der Waals surface area contributed by atoms with Gasteiger partial charge in [-0.1, -0.05) is 53.0 Å². The quantitative estimate of drug-likeness (QED) is 0.605. The number of carbonyl (C=O) groups is 1. The number of hydrogen-bond acceptors (Lipinski definition) is 4. The molecule has 2 aromatic rings. The highest BCUT2D eigenvalue weighted by Crippen LogP contribution is 2.34. The zero-order chi connectivity index (χ0) is 23.5. The lowest BCUT2D eigenvalue weighted by molar-refractivity contribution is -0.124. The van der Waals surface area contributed by atoms with Crippen molar-refractivity contribution < 1.29 is 4.79 Å². The van der Waals surface area contributed by atoms with Crippen molar-refractivity contribution in [3.05, 3.63) is 69.2 Å². The summed E-state index contributed by atoms with van der Waals surface area (Å²) in [6.45, 7) is 7.15. The zero-order valence-electron chi connectivity index (χ0n) is 18.9. The SMILES string of the molecule is CC1C(C(=O)NCCN2CCN(c3cccc(Cl)c3Cl)CC2)C=C(c2ccc(Cl)cc2)N1C. The minimum absolute atomic E-state index is 0.0719. The molecule has 1 amide bonds. The van der Waals surface area contributed by atoms with Gasteiger partial charge in [-0.15, -0.1) is 0 Å². The van der Waals surface area contributed by atoms with Gasteiger partial charge < -0.3 is 15.1 Å². The molecule has 0 aromatic heterocycles. The van der Waals surface area contributed by atoms with E-state index in [0.717, 1.165) is 49.7 Å². The monoisotopic (exact) mass is 506 g/mol. The van der Waals surface area contributed by atoms with E-state index in [1.165, 1.54) is 0 Å². The average molecular weight is 508 g/mol. The van der Waals surface area contributed by atoms with Crippen LogP contribution in [0, 0.1) is 5.92 Å². The molecule has 0 bridgehead atoms. The minimum atomic E-state index is -0.178. The summed E-state index contributed by atoms with van der Waals surface area (Å²) >= 11 is 18.6. The van der Waals surface area contributed by atoms with E-state index in [9.17, 15) is 4.79 Å². The Balaban J connectivity index is 1.26. The third-order valence-corrected chi connectivity index (χ3v) is 7.72. The predicted octanol–water partition coefficient (Wildman–Crippen LogP) is 4.88. The topological polar surface area (TPSA) is 38.8 Å². The summed E-state index contributed by atoms with van der Waals surface area (Å²) in [5.41, 5.74) is 3.12. The fraction of sp³-hybridized carbons (Fsp3) is 0.400. The largest absolute Gasteiger partial charge is 0.371 e. The van der Waals surface area contributed by atoms with Crippen LogP contribution in [0.5, 0.6) is 0 Å². The Labute approximate surface area is 210 Å². The molecule has 1 saturated heterocycles. The van der Waals surface area contributed by atoms with Gasteiger partial charge in [0.25, 0.3) is 0 Å². The van der Waals surface area contributed by atoms with Crippen molar-refractivity contribution in [2.75, 3.05) is 51.2 Å². The van der Waals surface area contributed by atoms with Gasteiger partial charge in [0, 0.05) is 63.1 Å². The number of halogens is 3. The van der Waals surface area contributed by atoms with E-state index in [4.69, 9.17) is 34.8 Å². The van der Waals surface area contributed by atoms with Crippen LogP contribution in [-0.2, 0) is 4.79 Å². The Kier molecular flexibility index (Phi) is 7.75.